The molecule has 0 bridgehead atoms. The number of fused-ring (bicyclic) bond motifs is 1. The number of carbonyl (C=O) groups excluding carboxylic acids is 1. The standard InChI is InChI=1S/C24H29N5O3.2ClH/c1-28-20-8-7-17(15-19(20)26-23(28)29-11-13-32-14-12-29)22(31)27-24(9-10-25-16-21(24)30)18-5-3-2-4-6-18;;/h2-8,15,21,25,30H,9-14,16H2,1H3,(H,27,31);2*1H/t21-,24+;;/m1../s1. The van der Waals surface area contributed by atoms with Crippen LogP contribution in [0.2, 0.25) is 0 Å². The Kier molecular flexibility index (Phi) is 8.43. The van der Waals surface area contributed by atoms with Crippen molar-refractivity contribution in [1.82, 2.24) is 20.2 Å². The first-order valence-corrected chi connectivity index (χ1v) is 11.1. The Labute approximate surface area is 211 Å². The smallest absolute Gasteiger partial charge is 0.252 e. The summed E-state index contributed by atoms with van der Waals surface area (Å²) in [6, 6.07) is 15.3. The number of ether oxygens (including phenoxy) is 1. The highest BCUT2D eigenvalue weighted by Crippen LogP contribution is 2.32. The quantitative estimate of drug-likeness (QED) is 0.501. The Bertz CT molecular complexity index is 1120. The molecule has 3 aromatic rings. The van der Waals surface area contributed by atoms with Crippen molar-refractivity contribution >= 4 is 47.7 Å². The monoisotopic (exact) mass is 507 g/mol. The van der Waals surface area contributed by atoms with Gasteiger partial charge in [-0.15, -0.1) is 24.8 Å². The number of nitrogens with one attached hydrogen (secondary N) is 2. The molecule has 3 N–H and O–H groups in total. The molecule has 0 radical (unpaired) electrons. The van der Waals surface area contributed by atoms with E-state index < -0.39 is 11.6 Å². The highest BCUT2D eigenvalue weighted by Gasteiger charge is 2.43. The lowest BCUT2D eigenvalue weighted by molar-refractivity contribution is 0.0290. The second-order valence-electron chi connectivity index (χ2n) is 8.54. The molecule has 8 nitrogen and oxygen atoms in total. The molecule has 5 rings (SSSR count). The van der Waals surface area contributed by atoms with E-state index in [2.05, 4.69) is 20.1 Å². The Morgan fingerprint density at radius 3 is 2.62 bits per heavy atom. The zero-order valence-electron chi connectivity index (χ0n) is 19.1. The van der Waals surface area contributed by atoms with Crippen LogP contribution in [-0.2, 0) is 17.3 Å². The molecule has 34 heavy (non-hydrogen) atoms. The van der Waals surface area contributed by atoms with Gasteiger partial charge in [0.15, 0.2) is 0 Å². The second-order valence-corrected chi connectivity index (χ2v) is 8.54. The Morgan fingerprint density at radius 2 is 1.91 bits per heavy atom. The van der Waals surface area contributed by atoms with Crippen LogP contribution in [0.3, 0.4) is 0 Å². The normalized spacial score (nSPS) is 22.5. The summed E-state index contributed by atoms with van der Waals surface area (Å²) in [7, 11) is 2.00. The van der Waals surface area contributed by atoms with Crippen LogP contribution in [0.4, 0.5) is 5.95 Å². The fourth-order valence-corrected chi connectivity index (χ4v) is 4.80. The van der Waals surface area contributed by atoms with Crippen LogP contribution in [0.1, 0.15) is 22.3 Å². The van der Waals surface area contributed by atoms with E-state index >= 15 is 0 Å². The summed E-state index contributed by atoms with van der Waals surface area (Å²) in [5.41, 5.74) is 2.37. The number of aryl methyl sites for hydroxylation is 1. The van der Waals surface area contributed by atoms with E-state index in [1.165, 1.54) is 0 Å². The zero-order chi connectivity index (χ0) is 22.1. The van der Waals surface area contributed by atoms with Gasteiger partial charge in [-0.3, -0.25) is 4.79 Å². The molecule has 0 unspecified atom stereocenters. The number of imidazole rings is 1. The maximum atomic E-state index is 13.4. The molecule has 0 saturated carbocycles. The summed E-state index contributed by atoms with van der Waals surface area (Å²) in [6.45, 7) is 4.13. The number of rotatable bonds is 4. The van der Waals surface area contributed by atoms with Crippen LogP contribution in [0.15, 0.2) is 48.5 Å². The number of aliphatic hydroxyl groups excluding tert-OH is 1. The topological polar surface area (TPSA) is 91.7 Å². The van der Waals surface area contributed by atoms with Gasteiger partial charge in [0.1, 0.15) is 0 Å². The number of hydrogen-bond donors (Lipinski definition) is 3. The summed E-state index contributed by atoms with van der Waals surface area (Å²) in [5, 5.41) is 17.3. The Balaban J connectivity index is 0.00000162. The first-order valence-electron chi connectivity index (χ1n) is 11.1. The molecule has 2 aromatic carbocycles. The average molecular weight is 508 g/mol. The fraction of sp³-hybridized carbons (Fsp3) is 0.417. The molecule has 2 aliphatic rings. The highest BCUT2D eigenvalue weighted by molar-refractivity contribution is 5.98. The van der Waals surface area contributed by atoms with Gasteiger partial charge in [0.05, 0.1) is 35.9 Å². The first-order chi connectivity index (χ1) is 15.6. The molecule has 1 amide bonds. The number of morpholine rings is 1. The summed E-state index contributed by atoms with van der Waals surface area (Å²) < 4.78 is 7.52. The maximum absolute atomic E-state index is 13.4. The summed E-state index contributed by atoms with van der Waals surface area (Å²) in [6.07, 6.45) is -0.120. The van der Waals surface area contributed by atoms with Crippen LogP contribution < -0.4 is 15.5 Å². The number of benzene rings is 2. The van der Waals surface area contributed by atoms with Gasteiger partial charge in [-0.25, -0.2) is 4.98 Å². The van der Waals surface area contributed by atoms with Gasteiger partial charge in [0.2, 0.25) is 5.95 Å². The minimum absolute atomic E-state index is 0. The fourth-order valence-electron chi connectivity index (χ4n) is 4.80. The molecule has 1 aromatic heterocycles. The molecule has 10 heteroatoms. The Morgan fingerprint density at radius 1 is 1.18 bits per heavy atom. The van der Waals surface area contributed by atoms with Crippen LogP contribution in [-0.4, -0.2) is 66.1 Å². The molecule has 3 heterocycles. The van der Waals surface area contributed by atoms with E-state index in [0.29, 0.717) is 38.3 Å². The summed E-state index contributed by atoms with van der Waals surface area (Å²) in [5.74, 6) is 0.672. The predicted octanol–water partition coefficient (Wildman–Crippen LogP) is 2.23. The van der Waals surface area contributed by atoms with Crippen molar-refractivity contribution in [2.24, 2.45) is 7.05 Å². The lowest BCUT2D eigenvalue weighted by Gasteiger charge is -2.43. The first kappa shape index (κ1) is 26.2. The second kappa shape index (κ2) is 10.9. The van der Waals surface area contributed by atoms with E-state index in [4.69, 9.17) is 9.72 Å². The van der Waals surface area contributed by atoms with E-state index in [-0.39, 0.29) is 30.7 Å². The number of piperidine rings is 1. The maximum Gasteiger partial charge on any atom is 0.252 e. The molecular weight excluding hydrogens is 477 g/mol. The van der Waals surface area contributed by atoms with E-state index in [1.54, 1.807) is 0 Å². The summed E-state index contributed by atoms with van der Waals surface area (Å²) >= 11 is 0. The third kappa shape index (κ3) is 4.74. The van der Waals surface area contributed by atoms with Crippen LogP contribution in [0, 0.1) is 0 Å². The van der Waals surface area contributed by atoms with Crippen molar-refractivity contribution in [3.05, 3.63) is 59.7 Å². The number of nitrogens with zero attached hydrogens (tertiary/aromatic N) is 3. The third-order valence-electron chi connectivity index (χ3n) is 6.64. The molecular formula is C24H31Cl2N5O3. The summed E-state index contributed by atoms with van der Waals surface area (Å²) in [4.78, 5) is 20.4. The van der Waals surface area contributed by atoms with Gasteiger partial charge in [0.25, 0.3) is 5.91 Å². The molecule has 2 aliphatic heterocycles. The van der Waals surface area contributed by atoms with E-state index in [1.807, 2.05) is 55.6 Å². The van der Waals surface area contributed by atoms with Crippen LogP contribution >= 0.6 is 24.8 Å². The minimum Gasteiger partial charge on any atom is -0.389 e. The SMILES string of the molecule is Cl.Cl.Cn1c(N2CCOCC2)nc2cc(C(=O)N[C@]3(c4ccccc4)CCNC[C@H]3O)ccc21. The van der Waals surface area contributed by atoms with Gasteiger partial charge >= 0.3 is 0 Å². The molecule has 0 aliphatic carbocycles. The molecule has 184 valence electrons. The van der Waals surface area contributed by atoms with Crippen molar-refractivity contribution in [2.75, 3.05) is 44.3 Å². The number of anilines is 1. The number of hydrogen-bond acceptors (Lipinski definition) is 6. The van der Waals surface area contributed by atoms with Crippen LogP contribution in [0.5, 0.6) is 0 Å². The van der Waals surface area contributed by atoms with Crippen LogP contribution in [0.25, 0.3) is 11.0 Å². The number of amides is 1. The molecule has 2 atom stereocenters. The molecule has 2 fully saturated rings. The van der Waals surface area contributed by atoms with Crippen molar-refractivity contribution in [2.45, 2.75) is 18.1 Å². The lowest BCUT2D eigenvalue weighted by Crippen LogP contribution is -2.61. The van der Waals surface area contributed by atoms with E-state index in [0.717, 1.165) is 35.6 Å². The van der Waals surface area contributed by atoms with Gasteiger partial charge in [0, 0.05) is 32.2 Å². The minimum atomic E-state index is -0.832. The van der Waals surface area contributed by atoms with Gasteiger partial charge in [-0.1, -0.05) is 30.3 Å². The van der Waals surface area contributed by atoms with Gasteiger partial charge < -0.3 is 29.9 Å². The number of β-amino-alcohol motifs (C(OH)–C–C–N with tert-alkyl or cyclic N) is 1. The highest BCUT2D eigenvalue weighted by atomic mass is 35.5. The largest absolute Gasteiger partial charge is 0.389 e. The van der Waals surface area contributed by atoms with E-state index in [9.17, 15) is 9.90 Å². The van der Waals surface area contributed by atoms with Gasteiger partial charge in [-0.05, 0) is 36.7 Å². The van der Waals surface area contributed by atoms with Crippen molar-refractivity contribution < 1.29 is 14.6 Å². The van der Waals surface area contributed by atoms with Crippen molar-refractivity contribution in [3.8, 4) is 0 Å². The predicted molar refractivity (Wildman–Crippen MR) is 137 cm³/mol. The zero-order valence-corrected chi connectivity index (χ0v) is 20.7. The number of halogens is 2. The number of aromatic nitrogens is 2. The molecule has 0 spiro atoms. The third-order valence-corrected chi connectivity index (χ3v) is 6.64. The molecule has 2 saturated heterocycles. The van der Waals surface area contributed by atoms with Crippen molar-refractivity contribution in [1.29, 1.82) is 0 Å². The average Bonchev–Trinajstić information content (AvgIpc) is 3.17. The van der Waals surface area contributed by atoms with Crippen molar-refractivity contribution in [3.63, 3.8) is 0 Å². The Hall–Kier alpha value is -2.36. The number of aliphatic hydroxyl groups is 1. The van der Waals surface area contributed by atoms with Gasteiger partial charge in [-0.2, -0.15) is 0 Å². The number of carbonyl (C=O) groups is 1. The lowest BCUT2D eigenvalue weighted by atomic mass is 9.79.